The normalized spacial score (nSPS) is 14.4. The second-order valence-corrected chi connectivity index (χ2v) is 3.72. The van der Waals surface area contributed by atoms with Gasteiger partial charge in [-0.1, -0.05) is 13.0 Å². The van der Waals surface area contributed by atoms with Crippen LogP contribution in [0.4, 0.5) is 5.69 Å². The third-order valence-electron chi connectivity index (χ3n) is 2.58. The van der Waals surface area contributed by atoms with Crippen molar-refractivity contribution in [3.05, 3.63) is 23.8 Å². The zero-order valence-corrected chi connectivity index (χ0v) is 9.12. The Bertz CT molecular complexity index is 387. The summed E-state index contributed by atoms with van der Waals surface area (Å²) in [6, 6.07) is 5.93. The molecule has 0 saturated heterocycles. The van der Waals surface area contributed by atoms with Gasteiger partial charge in [0.15, 0.2) is 0 Å². The Kier molecular flexibility index (Phi) is 2.62. The van der Waals surface area contributed by atoms with Crippen molar-refractivity contribution in [2.24, 2.45) is 0 Å². The van der Waals surface area contributed by atoms with Crippen LogP contribution in [0.3, 0.4) is 0 Å². The van der Waals surface area contributed by atoms with Crippen LogP contribution >= 0.6 is 0 Å². The fraction of sp³-hybridized carbons (Fsp3) is 0.417. The molecule has 0 bridgehead atoms. The van der Waals surface area contributed by atoms with Crippen molar-refractivity contribution < 1.29 is 9.53 Å². The first-order valence-corrected chi connectivity index (χ1v) is 5.26. The summed E-state index contributed by atoms with van der Waals surface area (Å²) in [5.41, 5.74) is 2.06. The number of rotatable bonds is 1. The van der Waals surface area contributed by atoms with E-state index in [2.05, 4.69) is 0 Å². The van der Waals surface area contributed by atoms with E-state index in [0.29, 0.717) is 19.6 Å². The van der Waals surface area contributed by atoms with E-state index in [0.717, 1.165) is 17.0 Å². The minimum atomic E-state index is 0.158. The number of amides is 1. The number of nitrogens with zero attached hydrogens (tertiary/aromatic N) is 1. The van der Waals surface area contributed by atoms with E-state index in [4.69, 9.17) is 4.74 Å². The zero-order valence-electron chi connectivity index (χ0n) is 9.12. The SMILES string of the molecule is CCC(=O)N1CCOc2ccc(C)cc21. The number of hydrogen-bond donors (Lipinski definition) is 0. The molecule has 0 aliphatic carbocycles. The van der Waals surface area contributed by atoms with Crippen molar-refractivity contribution in [1.82, 2.24) is 0 Å². The van der Waals surface area contributed by atoms with Crippen molar-refractivity contribution in [3.8, 4) is 5.75 Å². The van der Waals surface area contributed by atoms with Crippen molar-refractivity contribution in [2.45, 2.75) is 20.3 Å². The summed E-state index contributed by atoms with van der Waals surface area (Å²) in [7, 11) is 0. The van der Waals surface area contributed by atoms with Crippen LogP contribution in [0.5, 0.6) is 5.75 Å². The summed E-state index contributed by atoms with van der Waals surface area (Å²) < 4.78 is 5.51. The topological polar surface area (TPSA) is 29.5 Å². The maximum absolute atomic E-state index is 11.7. The van der Waals surface area contributed by atoms with Crippen LogP contribution in [-0.2, 0) is 4.79 Å². The van der Waals surface area contributed by atoms with E-state index in [-0.39, 0.29) is 5.91 Å². The van der Waals surface area contributed by atoms with Crippen LogP contribution in [0.25, 0.3) is 0 Å². The second kappa shape index (κ2) is 3.93. The fourth-order valence-corrected chi connectivity index (χ4v) is 1.78. The van der Waals surface area contributed by atoms with Crippen molar-refractivity contribution in [1.29, 1.82) is 0 Å². The summed E-state index contributed by atoms with van der Waals surface area (Å²) >= 11 is 0. The van der Waals surface area contributed by atoms with E-state index < -0.39 is 0 Å². The van der Waals surface area contributed by atoms with Crippen LogP contribution in [0, 0.1) is 6.92 Å². The van der Waals surface area contributed by atoms with Gasteiger partial charge in [0.05, 0.1) is 12.2 Å². The molecule has 3 heteroatoms. The van der Waals surface area contributed by atoms with E-state index in [1.165, 1.54) is 0 Å². The molecule has 1 aliphatic rings. The van der Waals surface area contributed by atoms with Gasteiger partial charge in [-0.15, -0.1) is 0 Å². The minimum absolute atomic E-state index is 0.158. The van der Waals surface area contributed by atoms with Crippen LogP contribution < -0.4 is 9.64 Å². The molecule has 1 aromatic rings. The lowest BCUT2D eigenvalue weighted by molar-refractivity contribution is -0.118. The van der Waals surface area contributed by atoms with Crippen molar-refractivity contribution in [3.63, 3.8) is 0 Å². The third-order valence-corrected chi connectivity index (χ3v) is 2.58. The maximum Gasteiger partial charge on any atom is 0.226 e. The maximum atomic E-state index is 11.7. The lowest BCUT2D eigenvalue weighted by Gasteiger charge is -2.29. The average Bonchev–Trinajstić information content (AvgIpc) is 2.27. The summed E-state index contributed by atoms with van der Waals surface area (Å²) in [5, 5.41) is 0. The molecule has 0 saturated carbocycles. The van der Waals surface area contributed by atoms with Gasteiger partial charge in [0.2, 0.25) is 5.91 Å². The Hall–Kier alpha value is -1.51. The summed E-state index contributed by atoms with van der Waals surface area (Å²) in [4.78, 5) is 13.5. The first-order chi connectivity index (χ1) is 7.22. The Morgan fingerprint density at radius 2 is 2.33 bits per heavy atom. The molecule has 0 N–H and O–H groups in total. The molecule has 15 heavy (non-hydrogen) atoms. The fourth-order valence-electron chi connectivity index (χ4n) is 1.78. The largest absolute Gasteiger partial charge is 0.490 e. The van der Waals surface area contributed by atoms with Crippen LogP contribution in [0.2, 0.25) is 0 Å². The van der Waals surface area contributed by atoms with E-state index in [1.807, 2.05) is 36.9 Å². The molecule has 1 aromatic carbocycles. The number of benzene rings is 1. The van der Waals surface area contributed by atoms with Gasteiger partial charge in [-0.25, -0.2) is 0 Å². The molecule has 0 radical (unpaired) electrons. The minimum Gasteiger partial charge on any atom is -0.490 e. The first-order valence-electron chi connectivity index (χ1n) is 5.26. The van der Waals surface area contributed by atoms with Gasteiger partial charge in [-0.05, 0) is 24.6 Å². The molecule has 0 spiro atoms. The number of anilines is 1. The lowest BCUT2D eigenvalue weighted by atomic mass is 10.1. The Labute approximate surface area is 89.7 Å². The number of carbonyl (C=O) groups is 1. The summed E-state index contributed by atoms with van der Waals surface area (Å²) in [6.45, 7) is 5.14. The smallest absolute Gasteiger partial charge is 0.226 e. The predicted octanol–water partition coefficient (Wildman–Crippen LogP) is 2.13. The molecule has 1 aliphatic heterocycles. The number of aryl methyl sites for hydroxylation is 1. The standard InChI is InChI=1S/C12H15NO2/c1-3-12(14)13-6-7-15-11-5-4-9(2)8-10(11)13/h4-5,8H,3,6-7H2,1-2H3. The summed E-state index contributed by atoms with van der Waals surface area (Å²) in [6.07, 6.45) is 0.535. The van der Waals surface area contributed by atoms with Crippen LogP contribution in [0.1, 0.15) is 18.9 Å². The monoisotopic (exact) mass is 205 g/mol. The highest BCUT2D eigenvalue weighted by Gasteiger charge is 2.22. The quantitative estimate of drug-likeness (QED) is 0.703. The van der Waals surface area contributed by atoms with Gasteiger partial charge in [0.25, 0.3) is 0 Å². The molecule has 0 fully saturated rings. The first kappa shape index (κ1) is 10.0. The Balaban J connectivity index is 2.40. The molecular weight excluding hydrogens is 190 g/mol. The molecule has 0 aromatic heterocycles. The van der Waals surface area contributed by atoms with Crippen LogP contribution in [0.15, 0.2) is 18.2 Å². The highest BCUT2D eigenvalue weighted by molar-refractivity contribution is 5.95. The molecular formula is C12H15NO2. The predicted molar refractivity (Wildman–Crippen MR) is 59.3 cm³/mol. The third kappa shape index (κ3) is 1.82. The molecule has 0 atom stereocenters. The van der Waals surface area contributed by atoms with E-state index >= 15 is 0 Å². The van der Waals surface area contributed by atoms with Gasteiger partial charge in [0, 0.05) is 6.42 Å². The van der Waals surface area contributed by atoms with Gasteiger partial charge in [-0.3, -0.25) is 4.79 Å². The second-order valence-electron chi connectivity index (χ2n) is 3.72. The van der Waals surface area contributed by atoms with Gasteiger partial charge in [-0.2, -0.15) is 0 Å². The Morgan fingerprint density at radius 1 is 1.53 bits per heavy atom. The zero-order chi connectivity index (χ0) is 10.8. The number of hydrogen-bond acceptors (Lipinski definition) is 2. The molecule has 80 valence electrons. The van der Waals surface area contributed by atoms with Gasteiger partial charge in [0.1, 0.15) is 12.4 Å². The van der Waals surface area contributed by atoms with Gasteiger partial charge >= 0.3 is 0 Å². The van der Waals surface area contributed by atoms with Crippen molar-refractivity contribution in [2.75, 3.05) is 18.1 Å². The molecule has 1 amide bonds. The van der Waals surface area contributed by atoms with Gasteiger partial charge < -0.3 is 9.64 Å². The number of fused-ring (bicyclic) bond motifs is 1. The average molecular weight is 205 g/mol. The lowest BCUT2D eigenvalue weighted by Crippen LogP contribution is -2.37. The number of carbonyl (C=O) groups excluding carboxylic acids is 1. The van der Waals surface area contributed by atoms with E-state index in [9.17, 15) is 4.79 Å². The molecule has 1 heterocycles. The van der Waals surface area contributed by atoms with Crippen LogP contribution in [-0.4, -0.2) is 19.1 Å². The Morgan fingerprint density at radius 3 is 3.07 bits per heavy atom. The highest BCUT2D eigenvalue weighted by atomic mass is 16.5. The molecule has 2 rings (SSSR count). The molecule has 0 unspecified atom stereocenters. The van der Waals surface area contributed by atoms with Crippen molar-refractivity contribution >= 4 is 11.6 Å². The molecule has 3 nitrogen and oxygen atoms in total. The summed E-state index contributed by atoms with van der Waals surface area (Å²) in [5.74, 6) is 0.971. The highest BCUT2D eigenvalue weighted by Crippen LogP contribution is 2.32. The number of ether oxygens (including phenoxy) is 1. The van der Waals surface area contributed by atoms with E-state index in [1.54, 1.807) is 0 Å².